The molecule has 0 saturated heterocycles. The van der Waals surface area contributed by atoms with Gasteiger partial charge in [0.2, 0.25) is 5.91 Å². The highest BCUT2D eigenvalue weighted by Crippen LogP contribution is 2.21. The van der Waals surface area contributed by atoms with Gasteiger partial charge in [0.1, 0.15) is 5.82 Å². The first kappa shape index (κ1) is 16.7. The number of thiophene rings is 1. The number of hydrogen-bond donors (Lipinski definition) is 1. The molecule has 3 aromatic rings. The Kier molecular flexibility index (Phi) is 5.27. The van der Waals surface area contributed by atoms with Crippen molar-refractivity contribution in [2.45, 2.75) is 12.5 Å². The standard InChI is InChI=1S/C17H15ClFN3OS/c18-14-3-1-4-15(19)13(14)9-17(23)20-10-16(12-5-8-24-11-12)22-7-2-6-21-22/h1-8,11,16H,9-10H2,(H,20,23)/t16-/m1/s1. The molecule has 0 radical (unpaired) electrons. The molecule has 124 valence electrons. The van der Waals surface area contributed by atoms with E-state index in [4.69, 9.17) is 11.6 Å². The van der Waals surface area contributed by atoms with Crippen molar-refractivity contribution in [3.05, 3.63) is 75.5 Å². The molecule has 1 amide bonds. The van der Waals surface area contributed by atoms with Gasteiger partial charge < -0.3 is 5.32 Å². The lowest BCUT2D eigenvalue weighted by Gasteiger charge is -2.17. The van der Waals surface area contributed by atoms with Crippen LogP contribution in [0.15, 0.2) is 53.5 Å². The fraction of sp³-hybridized carbons (Fsp3) is 0.176. The first-order chi connectivity index (χ1) is 11.6. The van der Waals surface area contributed by atoms with Gasteiger partial charge in [-0.25, -0.2) is 4.39 Å². The highest BCUT2D eigenvalue weighted by atomic mass is 35.5. The Balaban J connectivity index is 1.68. The molecular formula is C17H15ClFN3OS. The Hall–Kier alpha value is -2.18. The maximum absolute atomic E-state index is 13.8. The summed E-state index contributed by atoms with van der Waals surface area (Å²) in [5.41, 5.74) is 1.27. The van der Waals surface area contributed by atoms with Gasteiger partial charge >= 0.3 is 0 Å². The zero-order chi connectivity index (χ0) is 16.9. The number of rotatable bonds is 6. The average molecular weight is 364 g/mol. The van der Waals surface area contributed by atoms with Gasteiger partial charge in [0.25, 0.3) is 0 Å². The van der Waals surface area contributed by atoms with Crippen LogP contribution in [-0.4, -0.2) is 22.2 Å². The van der Waals surface area contributed by atoms with E-state index in [9.17, 15) is 9.18 Å². The van der Waals surface area contributed by atoms with Crippen LogP contribution in [0.3, 0.4) is 0 Å². The quantitative estimate of drug-likeness (QED) is 0.726. The molecule has 3 rings (SSSR count). The molecule has 2 heterocycles. The Bertz CT molecular complexity index is 751. The van der Waals surface area contributed by atoms with Crippen LogP contribution < -0.4 is 5.32 Å². The van der Waals surface area contributed by atoms with E-state index in [0.717, 1.165) is 5.56 Å². The van der Waals surface area contributed by atoms with Crippen molar-refractivity contribution in [3.63, 3.8) is 0 Å². The minimum absolute atomic E-state index is 0.0963. The number of amides is 1. The smallest absolute Gasteiger partial charge is 0.224 e. The summed E-state index contributed by atoms with van der Waals surface area (Å²) in [6, 6.07) is 8.12. The van der Waals surface area contributed by atoms with Crippen molar-refractivity contribution in [3.8, 4) is 0 Å². The van der Waals surface area contributed by atoms with Gasteiger partial charge in [-0.1, -0.05) is 17.7 Å². The van der Waals surface area contributed by atoms with Crippen LogP contribution in [0.1, 0.15) is 17.2 Å². The molecule has 0 aliphatic carbocycles. The van der Waals surface area contributed by atoms with Crippen LogP contribution in [0.4, 0.5) is 4.39 Å². The largest absolute Gasteiger partial charge is 0.353 e. The zero-order valence-corrected chi connectivity index (χ0v) is 14.2. The highest BCUT2D eigenvalue weighted by Gasteiger charge is 2.17. The fourth-order valence-corrected chi connectivity index (χ4v) is 3.37. The monoisotopic (exact) mass is 363 g/mol. The third-order valence-electron chi connectivity index (χ3n) is 3.66. The molecule has 1 aromatic carbocycles. The second-order valence-electron chi connectivity index (χ2n) is 5.24. The van der Waals surface area contributed by atoms with Crippen molar-refractivity contribution in [1.29, 1.82) is 0 Å². The second kappa shape index (κ2) is 7.59. The molecule has 1 N–H and O–H groups in total. The highest BCUT2D eigenvalue weighted by molar-refractivity contribution is 7.07. The summed E-state index contributed by atoms with van der Waals surface area (Å²) in [5.74, 6) is -0.756. The van der Waals surface area contributed by atoms with Crippen LogP contribution in [0.25, 0.3) is 0 Å². The Morgan fingerprint density at radius 3 is 2.92 bits per heavy atom. The van der Waals surface area contributed by atoms with Crippen molar-refractivity contribution in [2.75, 3.05) is 6.54 Å². The predicted molar refractivity (Wildman–Crippen MR) is 92.8 cm³/mol. The number of carbonyl (C=O) groups excluding carboxylic acids is 1. The van der Waals surface area contributed by atoms with Gasteiger partial charge in [0.15, 0.2) is 0 Å². The minimum Gasteiger partial charge on any atom is -0.353 e. The van der Waals surface area contributed by atoms with Crippen molar-refractivity contribution in [2.24, 2.45) is 0 Å². The minimum atomic E-state index is -0.473. The van der Waals surface area contributed by atoms with Crippen LogP contribution in [0, 0.1) is 5.82 Å². The maximum Gasteiger partial charge on any atom is 0.224 e. The second-order valence-corrected chi connectivity index (χ2v) is 6.43. The van der Waals surface area contributed by atoms with Crippen LogP contribution in [-0.2, 0) is 11.2 Å². The summed E-state index contributed by atoms with van der Waals surface area (Å²) in [7, 11) is 0. The number of carbonyl (C=O) groups is 1. The number of nitrogens with one attached hydrogen (secondary N) is 1. The lowest BCUT2D eigenvalue weighted by Crippen LogP contribution is -2.32. The van der Waals surface area contributed by atoms with Crippen LogP contribution >= 0.6 is 22.9 Å². The van der Waals surface area contributed by atoms with E-state index < -0.39 is 5.82 Å². The number of aromatic nitrogens is 2. The number of nitrogens with zero attached hydrogens (tertiary/aromatic N) is 2. The third-order valence-corrected chi connectivity index (χ3v) is 4.72. The zero-order valence-electron chi connectivity index (χ0n) is 12.7. The van der Waals surface area contributed by atoms with Gasteiger partial charge in [0.05, 0.1) is 12.5 Å². The third kappa shape index (κ3) is 3.83. The molecule has 0 bridgehead atoms. The van der Waals surface area contributed by atoms with Crippen molar-refractivity contribution < 1.29 is 9.18 Å². The molecule has 0 saturated carbocycles. The number of halogens is 2. The normalized spacial score (nSPS) is 12.1. The summed E-state index contributed by atoms with van der Waals surface area (Å²) in [6.45, 7) is 0.364. The van der Waals surface area contributed by atoms with Gasteiger partial charge in [-0.3, -0.25) is 9.48 Å². The van der Waals surface area contributed by atoms with Gasteiger partial charge in [-0.15, -0.1) is 0 Å². The Morgan fingerprint density at radius 2 is 2.25 bits per heavy atom. The molecule has 0 unspecified atom stereocenters. The lowest BCUT2D eigenvalue weighted by molar-refractivity contribution is -0.120. The Labute approximate surface area is 147 Å². The summed E-state index contributed by atoms with van der Waals surface area (Å²) in [5, 5.41) is 11.3. The van der Waals surface area contributed by atoms with E-state index in [2.05, 4.69) is 10.4 Å². The SMILES string of the molecule is O=C(Cc1c(F)cccc1Cl)NC[C@H](c1ccsc1)n1cccn1. The van der Waals surface area contributed by atoms with Gasteiger partial charge in [-0.2, -0.15) is 16.4 Å². The van der Waals surface area contributed by atoms with Crippen molar-refractivity contribution in [1.82, 2.24) is 15.1 Å². The first-order valence-corrected chi connectivity index (χ1v) is 8.68. The first-order valence-electron chi connectivity index (χ1n) is 7.36. The van der Waals surface area contributed by atoms with E-state index in [1.54, 1.807) is 28.3 Å². The molecule has 0 fully saturated rings. The maximum atomic E-state index is 13.8. The number of hydrogen-bond acceptors (Lipinski definition) is 3. The predicted octanol–water partition coefficient (Wildman–Crippen LogP) is 3.69. The van der Waals surface area contributed by atoms with E-state index in [0.29, 0.717) is 6.54 Å². The molecule has 7 heteroatoms. The molecule has 4 nitrogen and oxygen atoms in total. The fourth-order valence-electron chi connectivity index (χ4n) is 2.43. The van der Waals surface area contributed by atoms with E-state index >= 15 is 0 Å². The van der Waals surface area contributed by atoms with Crippen LogP contribution in [0.2, 0.25) is 5.02 Å². The molecule has 2 aromatic heterocycles. The van der Waals surface area contributed by atoms with Gasteiger partial charge in [0, 0.05) is 29.5 Å². The molecule has 24 heavy (non-hydrogen) atoms. The lowest BCUT2D eigenvalue weighted by atomic mass is 10.1. The topological polar surface area (TPSA) is 46.9 Å². The van der Waals surface area contributed by atoms with E-state index in [-0.39, 0.29) is 29.0 Å². The molecule has 0 spiro atoms. The van der Waals surface area contributed by atoms with E-state index in [1.807, 2.05) is 29.1 Å². The molecule has 0 aliphatic rings. The summed E-state index contributed by atoms with van der Waals surface area (Å²) in [4.78, 5) is 12.2. The van der Waals surface area contributed by atoms with Crippen molar-refractivity contribution >= 4 is 28.8 Å². The molecule has 1 atom stereocenters. The summed E-state index contributed by atoms with van der Waals surface area (Å²) in [6.07, 6.45) is 3.45. The van der Waals surface area contributed by atoms with Gasteiger partial charge in [-0.05, 0) is 40.6 Å². The molecule has 0 aliphatic heterocycles. The number of benzene rings is 1. The summed E-state index contributed by atoms with van der Waals surface area (Å²) < 4.78 is 15.6. The van der Waals surface area contributed by atoms with Crippen LogP contribution in [0.5, 0.6) is 0 Å². The summed E-state index contributed by atoms with van der Waals surface area (Å²) >= 11 is 7.55. The Morgan fingerprint density at radius 1 is 1.38 bits per heavy atom. The average Bonchev–Trinajstić information content (AvgIpc) is 3.25. The van der Waals surface area contributed by atoms with E-state index in [1.165, 1.54) is 12.1 Å². The molecular weight excluding hydrogens is 349 g/mol.